The summed E-state index contributed by atoms with van der Waals surface area (Å²) in [7, 11) is 0. The van der Waals surface area contributed by atoms with E-state index in [0.717, 1.165) is 0 Å². The normalized spacial score (nSPS) is 12.0. The topological polar surface area (TPSA) is 21.5 Å². The molecule has 0 unspecified atom stereocenters. The van der Waals surface area contributed by atoms with Crippen LogP contribution in [0.1, 0.15) is 15.9 Å². The standard InChI is InChI=1S/C11H8F3NO/c1-7-6-15-5-3-2-4-8(15)9(7)10(16)11(12,13)14/h2-6H,1H3. The smallest absolute Gasteiger partial charge is 0.323 e. The Morgan fingerprint density at radius 2 is 2.00 bits per heavy atom. The first-order valence-electron chi connectivity index (χ1n) is 4.59. The van der Waals surface area contributed by atoms with Crippen LogP contribution < -0.4 is 0 Å². The molecule has 2 nitrogen and oxygen atoms in total. The second kappa shape index (κ2) is 3.37. The minimum atomic E-state index is -4.83. The van der Waals surface area contributed by atoms with E-state index in [1.807, 2.05) is 0 Å². The van der Waals surface area contributed by atoms with E-state index >= 15 is 0 Å². The number of carbonyl (C=O) groups is 1. The van der Waals surface area contributed by atoms with E-state index in [-0.39, 0.29) is 11.1 Å². The number of fused-ring (bicyclic) bond motifs is 1. The summed E-state index contributed by atoms with van der Waals surface area (Å²) in [5, 5.41) is 0. The zero-order chi connectivity index (χ0) is 11.9. The summed E-state index contributed by atoms with van der Waals surface area (Å²) in [5.74, 6) is -1.79. The van der Waals surface area contributed by atoms with Gasteiger partial charge in [-0.15, -0.1) is 0 Å². The summed E-state index contributed by atoms with van der Waals surface area (Å²) >= 11 is 0. The van der Waals surface area contributed by atoms with Gasteiger partial charge in [0, 0.05) is 12.4 Å². The van der Waals surface area contributed by atoms with E-state index in [9.17, 15) is 18.0 Å². The first kappa shape index (κ1) is 10.7. The number of aromatic nitrogens is 1. The first-order valence-corrected chi connectivity index (χ1v) is 4.59. The third-order valence-corrected chi connectivity index (χ3v) is 2.36. The molecule has 0 saturated heterocycles. The molecule has 0 fully saturated rings. The summed E-state index contributed by atoms with van der Waals surface area (Å²) in [6.07, 6.45) is -1.72. The van der Waals surface area contributed by atoms with Gasteiger partial charge < -0.3 is 4.40 Å². The van der Waals surface area contributed by atoms with Crippen molar-refractivity contribution < 1.29 is 18.0 Å². The number of hydrogen-bond acceptors (Lipinski definition) is 1. The Morgan fingerprint density at radius 1 is 1.31 bits per heavy atom. The van der Waals surface area contributed by atoms with Crippen molar-refractivity contribution in [3.05, 3.63) is 41.7 Å². The predicted octanol–water partition coefficient (Wildman–Crippen LogP) is 2.99. The van der Waals surface area contributed by atoms with Crippen molar-refractivity contribution in [1.29, 1.82) is 0 Å². The Labute approximate surface area is 89.3 Å². The molecule has 0 bridgehead atoms. The van der Waals surface area contributed by atoms with Crippen LogP contribution in [0.5, 0.6) is 0 Å². The third-order valence-electron chi connectivity index (χ3n) is 2.36. The van der Waals surface area contributed by atoms with Crippen molar-refractivity contribution in [2.45, 2.75) is 13.1 Å². The lowest BCUT2D eigenvalue weighted by Gasteiger charge is -2.05. The van der Waals surface area contributed by atoms with Gasteiger partial charge in [0.05, 0.1) is 11.1 Å². The fourth-order valence-electron chi connectivity index (χ4n) is 1.69. The zero-order valence-electron chi connectivity index (χ0n) is 8.38. The average Bonchev–Trinajstić information content (AvgIpc) is 2.51. The summed E-state index contributed by atoms with van der Waals surface area (Å²) < 4.78 is 38.6. The van der Waals surface area contributed by atoms with Gasteiger partial charge in [-0.2, -0.15) is 13.2 Å². The molecule has 0 saturated carbocycles. The van der Waals surface area contributed by atoms with Gasteiger partial charge >= 0.3 is 6.18 Å². The van der Waals surface area contributed by atoms with E-state index in [1.165, 1.54) is 23.6 Å². The molecule has 16 heavy (non-hydrogen) atoms. The van der Waals surface area contributed by atoms with Gasteiger partial charge in [-0.05, 0) is 24.6 Å². The summed E-state index contributed by atoms with van der Waals surface area (Å²) in [6.45, 7) is 1.49. The fourth-order valence-corrected chi connectivity index (χ4v) is 1.69. The predicted molar refractivity (Wildman–Crippen MR) is 52.5 cm³/mol. The van der Waals surface area contributed by atoms with E-state index in [2.05, 4.69) is 0 Å². The lowest BCUT2D eigenvalue weighted by Crippen LogP contribution is -2.23. The highest BCUT2D eigenvalue weighted by Crippen LogP contribution is 2.27. The summed E-state index contributed by atoms with van der Waals surface area (Å²) in [5.41, 5.74) is 0.337. The molecular formula is C11H8F3NO. The Balaban J connectivity index is 2.69. The molecule has 2 aromatic heterocycles. The van der Waals surface area contributed by atoms with Crippen molar-refractivity contribution in [3.8, 4) is 0 Å². The molecule has 2 aromatic rings. The largest absolute Gasteiger partial charge is 0.454 e. The molecule has 0 aliphatic heterocycles. The van der Waals surface area contributed by atoms with Crippen LogP contribution in [0, 0.1) is 6.92 Å². The molecule has 0 aliphatic rings. The SMILES string of the molecule is Cc1cn2ccccc2c1C(=O)C(F)(F)F. The van der Waals surface area contributed by atoms with Crippen LogP contribution in [0.4, 0.5) is 13.2 Å². The molecule has 0 amide bonds. The maximum absolute atomic E-state index is 12.4. The monoisotopic (exact) mass is 227 g/mol. The highest BCUT2D eigenvalue weighted by Gasteiger charge is 2.41. The van der Waals surface area contributed by atoms with Gasteiger partial charge in [0.25, 0.3) is 5.78 Å². The van der Waals surface area contributed by atoms with Crippen molar-refractivity contribution in [2.24, 2.45) is 0 Å². The molecular weight excluding hydrogens is 219 g/mol. The number of Topliss-reactive ketones (excluding diaryl/α,β-unsaturated/α-hetero) is 1. The third kappa shape index (κ3) is 1.58. The number of aryl methyl sites for hydroxylation is 1. The van der Waals surface area contributed by atoms with Crippen molar-refractivity contribution in [2.75, 3.05) is 0 Å². The molecule has 84 valence electrons. The lowest BCUT2D eigenvalue weighted by molar-refractivity contribution is -0.0884. The van der Waals surface area contributed by atoms with Crippen molar-refractivity contribution in [3.63, 3.8) is 0 Å². The summed E-state index contributed by atoms with van der Waals surface area (Å²) in [6, 6.07) is 4.78. The van der Waals surface area contributed by atoms with Crippen LogP contribution in [0.25, 0.3) is 5.52 Å². The molecule has 0 atom stereocenters. The van der Waals surface area contributed by atoms with Crippen LogP contribution in [0.2, 0.25) is 0 Å². The number of hydrogen-bond donors (Lipinski definition) is 0. The number of rotatable bonds is 1. The Kier molecular flexibility index (Phi) is 2.26. The Hall–Kier alpha value is -1.78. The van der Waals surface area contributed by atoms with Crippen molar-refractivity contribution >= 4 is 11.3 Å². The lowest BCUT2D eigenvalue weighted by atomic mass is 10.1. The molecule has 0 aliphatic carbocycles. The van der Waals surface area contributed by atoms with Gasteiger partial charge in [-0.1, -0.05) is 6.07 Å². The van der Waals surface area contributed by atoms with E-state index in [1.54, 1.807) is 18.3 Å². The number of ketones is 1. The zero-order valence-corrected chi connectivity index (χ0v) is 8.38. The first-order chi connectivity index (χ1) is 7.41. The second-order valence-corrected chi connectivity index (χ2v) is 3.51. The fraction of sp³-hybridized carbons (Fsp3) is 0.182. The van der Waals surface area contributed by atoms with Crippen molar-refractivity contribution in [1.82, 2.24) is 4.40 Å². The van der Waals surface area contributed by atoms with Gasteiger partial charge in [-0.25, -0.2) is 0 Å². The summed E-state index contributed by atoms with van der Waals surface area (Å²) in [4.78, 5) is 11.2. The number of nitrogens with zero attached hydrogens (tertiary/aromatic N) is 1. The van der Waals surface area contributed by atoms with E-state index < -0.39 is 12.0 Å². The molecule has 0 N–H and O–H groups in total. The highest BCUT2D eigenvalue weighted by molar-refractivity contribution is 6.07. The minimum absolute atomic E-state index is 0.270. The molecule has 0 radical (unpaired) electrons. The van der Waals surface area contributed by atoms with Gasteiger partial charge in [0.15, 0.2) is 0 Å². The molecule has 2 rings (SSSR count). The van der Waals surface area contributed by atoms with Crippen LogP contribution >= 0.6 is 0 Å². The molecule has 2 heterocycles. The number of pyridine rings is 1. The number of alkyl halides is 3. The Morgan fingerprint density at radius 3 is 2.62 bits per heavy atom. The Bertz CT molecular complexity index is 554. The maximum Gasteiger partial charge on any atom is 0.454 e. The van der Waals surface area contributed by atoms with Crippen LogP contribution in [0.15, 0.2) is 30.6 Å². The second-order valence-electron chi connectivity index (χ2n) is 3.51. The van der Waals surface area contributed by atoms with Crippen LogP contribution in [-0.2, 0) is 0 Å². The maximum atomic E-state index is 12.4. The van der Waals surface area contributed by atoms with Gasteiger partial charge in [0.1, 0.15) is 0 Å². The van der Waals surface area contributed by atoms with Crippen LogP contribution in [0.3, 0.4) is 0 Å². The molecule has 0 spiro atoms. The molecule has 5 heteroatoms. The number of carbonyl (C=O) groups excluding carboxylic acids is 1. The number of halogens is 3. The highest BCUT2D eigenvalue weighted by atomic mass is 19.4. The van der Waals surface area contributed by atoms with Crippen LogP contribution in [-0.4, -0.2) is 16.4 Å². The average molecular weight is 227 g/mol. The molecule has 0 aromatic carbocycles. The van der Waals surface area contributed by atoms with Gasteiger partial charge in [-0.3, -0.25) is 4.79 Å². The minimum Gasteiger partial charge on any atom is -0.323 e. The van der Waals surface area contributed by atoms with E-state index in [4.69, 9.17) is 0 Å². The quantitative estimate of drug-likeness (QED) is 0.686. The van der Waals surface area contributed by atoms with Gasteiger partial charge in [0.2, 0.25) is 0 Å². The van der Waals surface area contributed by atoms with E-state index in [0.29, 0.717) is 5.56 Å².